The third kappa shape index (κ3) is 5.25. The summed E-state index contributed by atoms with van der Waals surface area (Å²) in [5.41, 5.74) is 1.14. The molecular formula is C22H19F3N4O2. The van der Waals surface area contributed by atoms with Gasteiger partial charge < -0.3 is 15.0 Å². The zero-order chi connectivity index (χ0) is 22.4. The van der Waals surface area contributed by atoms with Gasteiger partial charge in [0, 0.05) is 25.1 Å². The second kappa shape index (κ2) is 9.38. The lowest BCUT2D eigenvalue weighted by Crippen LogP contribution is -2.33. The van der Waals surface area contributed by atoms with Crippen molar-refractivity contribution < 1.29 is 22.8 Å². The molecule has 0 aliphatic carbocycles. The topological polar surface area (TPSA) is 75.2 Å². The molecule has 0 radical (unpaired) electrons. The smallest absolute Gasteiger partial charge is 0.387 e. The molecule has 160 valence electrons. The van der Waals surface area contributed by atoms with E-state index in [9.17, 15) is 22.8 Å². The Labute approximate surface area is 176 Å². The van der Waals surface area contributed by atoms with Gasteiger partial charge in [0.1, 0.15) is 12.1 Å². The van der Waals surface area contributed by atoms with E-state index in [0.29, 0.717) is 28.9 Å². The number of alkyl halides is 3. The van der Waals surface area contributed by atoms with Crippen LogP contribution in [0.3, 0.4) is 0 Å². The zero-order valence-corrected chi connectivity index (χ0v) is 16.6. The predicted octanol–water partition coefficient (Wildman–Crippen LogP) is 4.05. The molecular weight excluding hydrogens is 409 g/mol. The average Bonchev–Trinajstić information content (AvgIpc) is 2.78. The fourth-order valence-corrected chi connectivity index (χ4v) is 3.03. The predicted molar refractivity (Wildman–Crippen MR) is 109 cm³/mol. The van der Waals surface area contributed by atoms with E-state index in [1.165, 1.54) is 29.4 Å². The second-order valence-corrected chi connectivity index (χ2v) is 6.60. The van der Waals surface area contributed by atoms with Crippen molar-refractivity contribution in [2.24, 2.45) is 0 Å². The molecule has 0 bridgehead atoms. The standard InChI is InChI=1S/C22H19F3N4O2/c1-26-19-8-5-16(15-3-6-17(7-4-15)22(23,24)25)13-18(19)21(31)29(11-12-30)14-20-27-9-2-10-28-20/h2-10,12-13,26H,11,14H2,1H3. The molecule has 1 aromatic heterocycles. The normalized spacial score (nSPS) is 11.1. The highest BCUT2D eigenvalue weighted by atomic mass is 19.4. The number of nitrogens with zero attached hydrogens (tertiary/aromatic N) is 3. The van der Waals surface area contributed by atoms with E-state index < -0.39 is 17.6 Å². The molecule has 9 heteroatoms. The van der Waals surface area contributed by atoms with Gasteiger partial charge in [-0.2, -0.15) is 13.2 Å². The van der Waals surface area contributed by atoms with Crippen LogP contribution in [-0.2, 0) is 17.5 Å². The minimum atomic E-state index is -4.43. The summed E-state index contributed by atoms with van der Waals surface area (Å²) < 4.78 is 38.5. The van der Waals surface area contributed by atoms with Gasteiger partial charge in [-0.15, -0.1) is 0 Å². The average molecular weight is 428 g/mol. The summed E-state index contributed by atoms with van der Waals surface area (Å²) >= 11 is 0. The van der Waals surface area contributed by atoms with Gasteiger partial charge in [0.2, 0.25) is 0 Å². The van der Waals surface area contributed by atoms with E-state index in [1.54, 1.807) is 31.3 Å². The first-order valence-electron chi connectivity index (χ1n) is 9.31. The van der Waals surface area contributed by atoms with E-state index in [0.717, 1.165) is 12.1 Å². The van der Waals surface area contributed by atoms with Crippen LogP contribution in [0.2, 0.25) is 0 Å². The van der Waals surface area contributed by atoms with Crippen molar-refractivity contribution in [2.45, 2.75) is 12.7 Å². The maximum absolute atomic E-state index is 13.2. The van der Waals surface area contributed by atoms with Crippen LogP contribution < -0.4 is 5.32 Å². The molecule has 0 atom stereocenters. The van der Waals surface area contributed by atoms with E-state index in [-0.39, 0.29) is 18.7 Å². The molecule has 2 aromatic carbocycles. The van der Waals surface area contributed by atoms with Gasteiger partial charge in [0.15, 0.2) is 0 Å². The molecule has 3 aromatic rings. The molecule has 0 fully saturated rings. The molecule has 0 spiro atoms. The number of aldehydes is 1. The number of hydrogen-bond acceptors (Lipinski definition) is 5. The monoisotopic (exact) mass is 428 g/mol. The minimum absolute atomic E-state index is 0.0338. The lowest BCUT2D eigenvalue weighted by molar-refractivity contribution is -0.137. The highest BCUT2D eigenvalue weighted by Gasteiger charge is 2.30. The summed E-state index contributed by atoms with van der Waals surface area (Å²) in [5, 5.41) is 2.93. The molecule has 0 aliphatic rings. The highest BCUT2D eigenvalue weighted by molar-refractivity contribution is 6.01. The van der Waals surface area contributed by atoms with Crippen molar-refractivity contribution in [1.82, 2.24) is 14.9 Å². The zero-order valence-electron chi connectivity index (χ0n) is 16.6. The molecule has 1 amide bonds. The number of halogens is 3. The Kier molecular flexibility index (Phi) is 6.64. The van der Waals surface area contributed by atoms with Crippen molar-refractivity contribution in [3.8, 4) is 11.1 Å². The summed E-state index contributed by atoms with van der Waals surface area (Å²) in [4.78, 5) is 33.8. The van der Waals surface area contributed by atoms with Gasteiger partial charge in [-0.05, 0) is 41.5 Å². The number of nitrogens with one attached hydrogen (secondary N) is 1. The number of carbonyl (C=O) groups is 2. The molecule has 0 saturated heterocycles. The van der Waals surface area contributed by atoms with Crippen LogP contribution in [0.15, 0.2) is 60.9 Å². The van der Waals surface area contributed by atoms with Gasteiger partial charge in [0.25, 0.3) is 5.91 Å². The first kappa shape index (κ1) is 21.9. The molecule has 0 saturated carbocycles. The van der Waals surface area contributed by atoms with Crippen LogP contribution in [-0.4, -0.2) is 40.7 Å². The lowest BCUT2D eigenvalue weighted by Gasteiger charge is -2.21. The molecule has 0 aliphatic heterocycles. The fraction of sp³-hybridized carbons (Fsp3) is 0.182. The van der Waals surface area contributed by atoms with Crippen molar-refractivity contribution >= 4 is 17.9 Å². The SMILES string of the molecule is CNc1ccc(-c2ccc(C(F)(F)F)cc2)cc1C(=O)N(CC=O)Cc1ncccn1. The number of carbonyl (C=O) groups excluding carboxylic acids is 2. The quantitative estimate of drug-likeness (QED) is 0.575. The van der Waals surface area contributed by atoms with Crippen LogP contribution >= 0.6 is 0 Å². The van der Waals surface area contributed by atoms with Gasteiger partial charge >= 0.3 is 6.18 Å². The molecule has 0 unspecified atom stereocenters. The summed E-state index contributed by atoms with van der Waals surface area (Å²) in [5.74, 6) is -0.0553. The second-order valence-electron chi connectivity index (χ2n) is 6.60. The Morgan fingerprint density at radius 3 is 2.29 bits per heavy atom. The fourth-order valence-electron chi connectivity index (χ4n) is 3.03. The Morgan fingerprint density at radius 2 is 1.71 bits per heavy atom. The van der Waals surface area contributed by atoms with Crippen molar-refractivity contribution in [2.75, 3.05) is 18.9 Å². The van der Waals surface area contributed by atoms with Gasteiger partial charge in [-0.3, -0.25) is 4.79 Å². The Morgan fingerprint density at radius 1 is 1.06 bits per heavy atom. The van der Waals surface area contributed by atoms with Gasteiger partial charge in [-0.25, -0.2) is 9.97 Å². The Hall–Kier alpha value is -3.75. The van der Waals surface area contributed by atoms with E-state index >= 15 is 0 Å². The maximum Gasteiger partial charge on any atom is 0.416 e. The number of benzene rings is 2. The Bertz CT molecular complexity index is 1050. The third-order valence-electron chi connectivity index (χ3n) is 4.60. The van der Waals surface area contributed by atoms with Crippen LogP contribution in [0.1, 0.15) is 21.7 Å². The van der Waals surface area contributed by atoms with Crippen molar-refractivity contribution in [3.05, 3.63) is 77.9 Å². The first-order chi connectivity index (χ1) is 14.8. The molecule has 1 heterocycles. The van der Waals surface area contributed by atoms with Crippen molar-refractivity contribution in [1.29, 1.82) is 0 Å². The van der Waals surface area contributed by atoms with E-state index in [4.69, 9.17) is 0 Å². The number of hydrogen-bond donors (Lipinski definition) is 1. The lowest BCUT2D eigenvalue weighted by atomic mass is 9.99. The van der Waals surface area contributed by atoms with Crippen LogP contribution in [0.4, 0.5) is 18.9 Å². The largest absolute Gasteiger partial charge is 0.416 e. The number of aromatic nitrogens is 2. The van der Waals surface area contributed by atoms with Gasteiger partial charge in [-0.1, -0.05) is 18.2 Å². The molecule has 6 nitrogen and oxygen atoms in total. The van der Waals surface area contributed by atoms with Crippen LogP contribution in [0.25, 0.3) is 11.1 Å². The van der Waals surface area contributed by atoms with E-state index in [1.807, 2.05) is 0 Å². The number of rotatable bonds is 7. The third-order valence-corrected chi connectivity index (χ3v) is 4.60. The molecule has 31 heavy (non-hydrogen) atoms. The minimum Gasteiger partial charge on any atom is -0.387 e. The molecule has 3 rings (SSSR count). The Balaban J connectivity index is 1.95. The molecule has 1 N–H and O–H groups in total. The van der Waals surface area contributed by atoms with Crippen LogP contribution in [0, 0.1) is 0 Å². The maximum atomic E-state index is 13.2. The number of amides is 1. The number of anilines is 1. The first-order valence-corrected chi connectivity index (χ1v) is 9.31. The summed E-state index contributed by atoms with van der Waals surface area (Å²) in [7, 11) is 1.65. The summed E-state index contributed by atoms with van der Waals surface area (Å²) in [6.07, 6.45) is -0.740. The van der Waals surface area contributed by atoms with Crippen LogP contribution in [0.5, 0.6) is 0 Å². The highest BCUT2D eigenvalue weighted by Crippen LogP contribution is 2.32. The summed E-state index contributed by atoms with van der Waals surface area (Å²) in [6.45, 7) is -0.128. The summed E-state index contributed by atoms with van der Waals surface area (Å²) in [6, 6.07) is 11.3. The van der Waals surface area contributed by atoms with Gasteiger partial charge in [0.05, 0.1) is 24.2 Å². The van der Waals surface area contributed by atoms with Crippen molar-refractivity contribution in [3.63, 3.8) is 0 Å². The van der Waals surface area contributed by atoms with E-state index in [2.05, 4.69) is 15.3 Å².